The smallest absolute Gasteiger partial charge is 0.340 e. The summed E-state index contributed by atoms with van der Waals surface area (Å²) in [7, 11) is 0. The van der Waals surface area contributed by atoms with Gasteiger partial charge in [-0.3, -0.25) is 9.69 Å². The molecule has 0 saturated carbocycles. The van der Waals surface area contributed by atoms with E-state index in [2.05, 4.69) is 10.2 Å². The molecule has 3 rings (SSSR count). The molecule has 26 heavy (non-hydrogen) atoms. The fraction of sp³-hybridized carbons (Fsp3) is 0.333. The van der Waals surface area contributed by atoms with Crippen LogP contribution in [0.1, 0.15) is 46.0 Å². The first kappa shape index (κ1) is 18.1. The summed E-state index contributed by atoms with van der Waals surface area (Å²) in [6, 6.07) is 14.5. The predicted molar refractivity (Wildman–Crippen MR) is 101 cm³/mol. The highest BCUT2D eigenvalue weighted by atomic mass is 16.5. The van der Waals surface area contributed by atoms with E-state index in [1.54, 1.807) is 31.2 Å². The zero-order chi connectivity index (χ0) is 18.4. The van der Waals surface area contributed by atoms with Gasteiger partial charge in [0.25, 0.3) is 5.91 Å². The number of nitrogens with one attached hydrogen (secondary N) is 1. The van der Waals surface area contributed by atoms with E-state index in [1.807, 2.05) is 24.3 Å². The molecule has 2 aromatic rings. The topological polar surface area (TPSA) is 58.6 Å². The van der Waals surface area contributed by atoms with Gasteiger partial charge in [-0.15, -0.1) is 0 Å². The Bertz CT molecular complexity index is 765. The summed E-state index contributed by atoms with van der Waals surface area (Å²) in [6.07, 6.45) is 2.53. The standard InChI is InChI=1S/C21H24N2O3/c1-2-26-21(25)18-7-3-4-8-19(18)22-20(24)17-11-9-16(10-12-17)15-23-13-5-6-14-23/h3-4,7-12H,2,5-6,13-15H2,1H3,(H,22,24). The number of benzene rings is 2. The summed E-state index contributed by atoms with van der Waals surface area (Å²) in [4.78, 5) is 27.0. The number of para-hydroxylation sites is 1. The van der Waals surface area contributed by atoms with E-state index in [0.717, 1.165) is 19.6 Å². The minimum atomic E-state index is -0.440. The first-order valence-corrected chi connectivity index (χ1v) is 9.06. The van der Waals surface area contributed by atoms with Crippen LogP contribution in [0.2, 0.25) is 0 Å². The van der Waals surface area contributed by atoms with Gasteiger partial charge in [-0.05, 0) is 62.7 Å². The van der Waals surface area contributed by atoms with Crippen LogP contribution in [0, 0.1) is 0 Å². The van der Waals surface area contributed by atoms with Crippen molar-refractivity contribution in [2.24, 2.45) is 0 Å². The molecule has 0 unspecified atom stereocenters. The number of nitrogens with zero attached hydrogens (tertiary/aromatic N) is 1. The average molecular weight is 352 g/mol. The Labute approximate surface area is 154 Å². The molecule has 5 nitrogen and oxygen atoms in total. The maximum atomic E-state index is 12.5. The second kappa shape index (κ2) is 8.63. The molecule has 136 valence electrons. The van der Waals surface area contributed by atoms with Crippen LogP contribution in [0.3, 0.4) is 0 Å². The molecule has 1 amide bonds. The van der Waals surface area contributed by atoms with E-state index in [4.69, 9.17) is 4.74 Å². The molecule has 1 aliphatic rings. The lowest BCUT2D eigenvalue weighted by Gasteiger charge is -2.15. The van der Waals surface area contributed by atoms with Crippen molar-refractivity contribution in [1.29, 1.82) is 0 Å². The van der Waals surface area contributed by atoms with Gasteiger partial charge in [-0.1, -0.05) is 24.3 Å². The Hall–Kier alpha value is -2.66. The van der Waals surface area contributed by atoms with Gasteiger partial charge in [-0.25, -0.2) is 4.79 Å². The zero-order valence-corrected chi connectivity index (χ0v) is 15.0. The summed E-state index contributed by atoms with van der Waals surface area (Å²) in [6.45, 7) is 5.26. The van der Waals surface area contributed by atoms with E-state index >= 15 is 0 Å². The number of carbonyl (C=O) groups excluding carboxylic acids is 2. The number of hydrogen-bond acceptors (Lipinski definition) is 4. The zero-order valence-electron chi connectivity index (χ0n) is 15.0. The molecular formula is C21H24N2O3. The molecule has 0 radical (unpaired) electrons. The van der Waals surface area contributed by atoms with Gasteiger partial charge in [0, 0.05) is 12.1 Å². The fourth-order valence-corrected chi connectivity index (χ4v) is 3.13. The average Bonchev–Trinajstić information content (AvgIpc) is 3.16. The van der Waals surface area contributed by atoms with Gasteiger partial charge < -0.3 is 10.1 Å². The maximum absolute atomic E-state index is 12.5. The molecule has 0 aliphatic carbocycles. The highest BCUT2D eigenvalue weighted by molar-refractivity contribution is 6.08. The highest BCUT2D eigenvalue weighted by Crippen LogP contribution is 2.18. The van der Waals surface area contributed by atoms with Gasteiger partial charge in [0.05, 0.1) is 17.9 Å². The quantitative estimate of drug-likeness (QED) is 0.805. The lowest BCUT2D eigenvalue weighted by molar-refractivity contribution is 0.0527. The van der Waals surface area contributed by atoms with Crippen molar-refractivity contribution in [2.45, 2.75) is 26.3 Å². The van der Waals surface area contributed by atoms with Crippen molar-refractivity contribution in [2.75, 3.05) is 25.0 Å². The van der Waals surface area contributed by atoms with E-state index in [0.29, 0.717) is 23.4 Å². The van der Waals surface area contributed by atoms with Gasteiger partial charge in [-0.2, -0.15) is 0 Å². The normalized spacial score (nSPS) is 14.2. The number of hydrogen-bond donors (Lipinski definition) is 1. The number of carbonyl (C=O) groups is 2. The Morgan fingerprint density at radius 1 is 1.04 bits per heavy atom. The molecule has 1 fully saturated rings. The Balaban J connectivity index is 1.67. The van der Waals surface area contributed by atoms with Crippen LogP contribution in [-0.4, -0.2) is 36.5 Å². The molecule has 0 atom stereocenters. The second-order valence-electron chi connectivity index (χ2n) is 6.40. The van der Waals surface area contributed by atoms with E-state index in [1.165, 1.54) is 18.4 Å². The molecule has 1 saturated heterocycles. The van der Waals surface area contributed by atoms with Crippen LogP contribution in [0.15, 0.2) is 48.5 Å². The molecule has 5 heteroatoms. The van der Waals surface area contributed by atoms with Crippen LogP contribution in [0.25, 0.3) is 0 Å². The lowest BCUT2D eigenvalue weighted by atomic mass is 10.1. The van der Waals surface area contributed by atoms with Gasteiger partial charge in [0.1, 0.15) is 0 Å². The molecule has 1 heterocycles. The van der Waals surface area contributed by atoms with Crippen molar-refractivity contribution >= 4 is 17.6 Å². The minimum absolute atomic E-state index is 0.241. The monoisotopic (exact) mass is 352 g/mol. The molecule has 0 spiro atoms. The van der Waals surface area contributed by atoms with E-state index in [9.17, 15) is 9.59 Å². The van der Waals surface area contributed by atoms with Gasteiger partial charge in [0.2, 0.25) is 0 Å². The highest BCUT2D eigenvalue weighted by Gasteiger charge is 2.15. The number of anilines is 1. The van der Waals surface area contributed by atoms with Gasteiger partial charge >= 0.3 is 5.97 Å². The number of ether oxygens (including phenoxy) is 1. The largest absolute Gasteiger partial charge is 0.462 e. The molecule has 1 aliphatic heterocycles. The third kappa shape index (κ3) is 4.49. The molecule has 1 N–H and O–H groups in total. The molecular weight excluding hydrogens is 328 g/mol. The van der Waals surface area contributed by atoms with Crippen molar-refractivity contribution in [3.63, 3.8) is 0 Å². The predicted octanol–water partition coefficient (Wildman–Crippen LogP) is 3.71. The first-order chi connectivity index (χ1) is 12.7. The van der Waals surface area contributed by atoms with Crippen molar-refractivity contribution < 1.29 is 14.3 Å². The third-order valence-electron chi connectivity index (χ3n) is 4.49. The first-order valence-electron chi connectivity index (χ1n) is 9.06. The molecule has 2 aromatic carbocycles. The van der Waals surface area contributed by atoms with Crippen LogP contribution in [0.4, 0.5) is 5.69 Å². The van der Waals surface area contributed by atoms with Crippen molar-refractivity contribution in [3.8, 4) is 0 Å². The Morgan fingerprint density at radius 3 is 2.42 bits per heavy atom. The van der Waals surface area contributed by atoms with Crippen LogP contribution in [0.5, 0.6) is 0 Å². The summed E-state index contributed by atoms with van der Waals surface area (Å²) >= 11 is 0. The van der Waals surface area contributed by atoms with Crippen LogP contribution in [-0.2, 0) is 11.3 Å². The van der Waals surface area contributed by atoms with Gasteiger partial charge in [0.15, 0.2) is 0 Å². The summed E-state index contributed by atoms with van der Waals surface area (Å²) in [5.74, 6) is -0.682. The maximum Gasteiger partial charge on any atom is 0.340 e. The molecule has 0 bridgehead atoms. The van der Waals surface area contributed by atoms with Crippen LogP contribution >= 0.6 is 0 Å². The summed E-state index contributed by atoms with van der Waals surface area (Å²) in [5.41, 5.74) is 2.58. The van der Waals surface area contributed by atoms with Crippen molar-refractivity contribution in [3.05, 3.63) is 65.2 Å². The lowest BCUT2D eigenvalue weighted by Crippen LogP contribution is -2.18. The SMILES string of the molecule is CCOC(=O)c1ccccc1NC(=O)c1ccc(CN2CCCC2)cc1. The number of esters is 1. The second-order valence-corrected chi connectivity index (χ2v) is 6.40. The fourth-order valence-electron chi connectivity index (χ4n) is 3.13. The van der Waals surface area contributed by atoms with E-state index < -0.39 is 5.97 Å². The number of amides is 1. The Morgan fingerprint density at radius 2 is 1.73 bits per heavy atom. The third-order valence-corrected chi connectivity index (χ3v) is 4.49. The molecule has 0 aromatic heterocycles. The number of rotatable bonds is 6. The van der Waals surface area contributed by atoms with Crippen LogP contribution < -0.4 is 5.32 Å². The van der Waals surface area contributed by atoms with Crippen molar-refractivity contribution in [1.82, 2.24) is 4.90 Å². The number of likely N-dealkylation sites (tertiary alicyclic amines) is 1. The Kier molecular flexibility index (Phi) is 6.02. The minimum Gasteiger partial charge on any atom is -0.462 e. The summed E-state index contributed by atoms with van der Waals surface area (Å²) < 4.78 is 5.04. The summed E-state index contributed by atoms with van der Waals surface area (Å²) in [5, 5.41) is 2.81. The van der Waals surface area contributed by atoms with E-state index in [-0.39, 0.29) is 5.91 Å².